The lowest BCUT2D eigenvalue weighted by Gasteiger charge is -2.00. The second kappa shape index (κ2) is 8.01. The molecular formula is C13H18O3S. The molecule has 0 spiro atoms. The van der Waals surface area contributed by atoms with Gasteiger partial charge in [0.05, 0.1) is 12.0 Å². The van der Waals surface area contributed by atoms with E-state index in [1.165, 1.54) is 18.4 Å². The standard InChI is InChI=1S/C13H18O3S/c1-16-13(15)9-5-3-2-4-7-11(14)12-8-6-10-17-12/h6,8,10H,2-5,7,9H2,1H3. The third-order valence-corrected chi connectivity index (χ3v) is 3.47. The molecule has 0 saturated heterocycles. The Labute approximate surface area is 106 Å². The molecule has 1 aromatic rings. The van der Waals surface area contributed by atoms with Crippen molar-refractivity contribution >= 4 is 23.1 Å². The first-order valence-corrected chi connectivity index (χ1v) is 6.75. The van der Waals surface area contributed by atoms with Gasteiger partial charge in [0.15, 0.2) is 5.78 Å². The number of thiophene rings is 1. The van der Waals surface area contributed by atoms with Crippen molar-refractivity contribution in [3.8, 4) is 0 Å². The summed E-state index contributed by atoms with van der Waals surface area (Å²) in [7, 11) is 1.40. The minimum absolute atomic E-state index is 0.153. The van der Waals surface area contributed by atoms with Crippen LogP contribution in [0.5, 0.6) is 0 Å². The maximum Gasteiger partial charge on any atom is 0.305 e. The Morgan fingerprint density at radius 2 is 1.88 bits per heavy atom. The van der Waals surface area contributed by atoms with Crippen LogP contribution in [0.3, 0.4) is 0 Å². The molecule has 4 heteroatoms. The van der Waals surface area contributed by atoms with Gasteiger partial charge in [0.1, 0.15) is 0 Å². The van der Waals surface area contributed by atoms with Crippen LogP contribution >= 0.6 is 11.3 Å². The number of carbonyl (C=O) groups is 2. The second-order valence-electron chi connectivity index (χ2n) is 3.89. The molecule has 0 saturated carbocycles. The van der Waals surface area contributed by atoms with Gasteiger partial charge in [-0.3, -0.25) is 9.59 Å². The zero-order chi connectivity index (χ0) is 12.5. The molecule has 0 fully saturated rings. The number of Topliss-reactive ketones (excluding diaryl/α,β-unsaturated/α-hetero) is 1. The first kappa shape index (κ1) is 13.9. The highest BCUT2D eigenvalue weighted by molar-refractivity contribution is 7.12. The molecular weight excluding hydrogens is 236 g/mol. The van der Waals surface area contributed by atoms with Crippen LogP contribution < -0.4 is 0 Å². The van der Waals surface area contributed by atoms with Crippen LogP contribution in [0.4, 0.5) is 0 Å². The Hall–Kier alpha value is -1.16. The first-order valence-electron chi connectivity index (χ1n) is 5.87. The number of hydrogen-bond donors (Lipinski definition) is 0. The Morgan fingerprint density at radius 3 is 2.47 bits per heavy atom. The lowest BCUT2D eigenvalue weighted by atomic mass is 10.1. The van der Waals surface area contributed by atoms with Crippen molar-refractivity contribution in [2.45, 2.75) is 38.5 Å². The van der Waals surface area contributed by atoms with Crippen LogP contribution in [0.2, 0.25) is 0 Å². The van der Waals surface area contributed by atoms with Gasteiger partial charge in [-0.15, -0.1) is 11.3 Å². The summed E-state index contributed by atoms with van der Waals surface area (Å²) in [5.41, 5.74) is 0. The number of carbonyl (C=O) groups excluding carboxylic acids is 2. The van der Waals surface area contributed by atoms with E-state index in [4.69, 9.17) is 0 Å². The minimum Gasteiger partial charge on any atom is -0.469 e. The van der Waals surface area contributed by atoms with E-state index < -0.39 is 0 Å². The Morgan fingerprint density at radius 1 is 1.18 bits per heavy atom. The Bertz CT molecular complexity index is 344. The summed E-state index contributed by atoms with van der Waals surface area (Å²) in [5.74, 6) is 0.0765. The zero-order valence-electron chi connectivity index (χ0n) is 10.1. The third kappa shape index (κ3) is 5.63. The van der Waals surface area contributed by atoms with E-state index in [0.29, 0.717) is 12.8 Å². The highest BCUT2D eigenvalue weighted by Gasteiger charge is 2.06. The van der Waals surface area contributed by atoms with Gasteiger partial charge in [-0.2, -0.15) is 0 Å². The molecule has 1 heterocycles. The average Bonchev–Trinajstić information content (AvgIpc) is 2.86. The van der Waals surface area contributed by atoms with E-state index in [1.54, 1.807) is 0 Å². The maximum atomic E-state index is 11.6. The highest BCUT2D eigenvalue weighted by Crippen LogP contribution is 2.14. The third-order valence-electron chi connectivity index (χ3n) is 2.56. The van der Waals surface area contributed by atoms with E-state index in [0.717, 1.165) is 30.6 Å². The van der Waals surface area contributed by atoms with Crippen molar-refractivity contribution in [1.82, 2.24) is 0 Å². The average molecular weight is 254 g/mol. The van der Waals surface area contributed by atoms with Gasteiger partial charge in [-0.25, -0.2) is 0 Å². The van der Waals surface area contributed by atoms with Gasteiger partial charge in [-0.05, 0) is 24.3 Å². The lowest BCUT2D eigenvalue weighted by molar-refractivity contribution is -0.140. The number of methoxy groups -OCH3 is 1. The molecule has 0 aromatic carbocycles. The monoisotopic (exact) mass is 254 g/mol. The summed E-state index contributed by atoms with van der Waals surface area (Å²) in [5, 5.41) is 1.92. The number of ketones is 1. The van der Waals surface area contributed by atoms with Crippen molar-refractivity contribution in [1.29, 1.82) is 0 Å². The van der Waals surface area contributed by atoms with Crippen molar-refractivity contribution in [2.75, 3.05) is 7.11 Å². The largest absolute Gasteiger partial charge is 0.469 e. The van der Waals surface area contributed by atoms with Gasteiger partial charge in [-0.1, -0.05) is 18.9 Å². The number of rotatable bonds is 8. The van der Waals surface area contributed by atoms with Crippen molar-refractivity contribution in [2.24, 2.45) is 0 Å². The number of hydrogen-bond acceptors (Lipinski definition) is 4. The normalized spacial score (nSPS) is 10.2. The zero-order valence-corrected chi connectivity index (χ0v) is 10.9. The smallest absolute Gasteiger partial charge is 0.305 e. The van der Waals surface area contributed by atoms with E-state index in [9.17, 15) is 9.59 Å². The fourth-order valence-electron chi connectivity index (χ4n) is 1.57. The molecule has 0 amide bonds. The van der Waals surface area contributed by atoms with Gasteiger partial charge < -0.3 is 4.74 Å². The predicted molar refractivity (Wildman–Crippen MR) is 68.4 cm³/mol. The predicted octanol–water partition coefficient (Wildman–Crippen LogP) is 3.44. The summed E-state index contributed by atoms with van der Waals surface area (Å²) in [6, 6.07) is 3.76. The van der Waals surface area contributed by atoms with Gasteiger partial charge in [0.25, 0.3) is 0 Å². The van der Waals surface area contributed by atoms with Crippen molar-refractivity contribution in [3.05, 3.63) is 22.4 Å². The topological polar surface area (TPSA) is 43.4 Å². The van der Waals surface area contributed by atoms with Gasteiger partial charge >= 0.3 is 5.97 Å². The molecule has 17 heavy (non-hydrogen) atoms. The molecule has 0 aliphatic carbocycles. The molecule has 1 aromatic heterocycles. The lowest BCUT2D eigenvalue weighted by Crippen LogP contribution is -1.99. The number of esters is 1. The summed E-state index contributed by atoms with van der Waals surface area (Å²) in [6.45, 7) is 0. The van der Waals surface area contributed by atoms with Crippen LogP contribution in [0.1, 0.15) is 48.2 Å². The molecule has 94 valence electrons. The summed E-state index contributed by atoms with van der Waals surface area (Å²) < 4.78 is 4.55. The summed E-state index contributed by atoms with van der Waals surface area (Å²) in [6.07, 6.45) is 4.81. The number of unbranched alkanes of at least 4 members (excludes halogenated alkanes) is 3. The molecule has 0 bridgehead atoms. The van der Waals surface area contributed by atoms with E-state index in [2.05, 4.69) is 4.74 Å². The first-order chi connectivity index (χ1) is 8.24. The molecule has 0 radical (unpaired) electrons. The van der Waals surface area contributed by atoms with Gasteiger partial charge in [0, 0.05) is 12.8 Å². The maximum absolute atomic E-state index is 11.6. The second-order valence-corrected chi connectivity index (χ2v) is 4.84. The van der Waals surface area contributed by atoms with Crippen LogP contribution in [-0.2, 0) is 9.53 Å². The van der Waals surface area contributed by atoms with Crippen LogP contribution in [0.15, 0.2) is 17.5 Å². The Balaban J connectivity index is 2.01. The molecule has 3 nitrogen and oxygen atoms in total. The van der Waals surface area contributed by atoms with Crippen LogP contribution in [0.25, 0.3) is 0 Å². The fourth-order valence-corrected chi connectivity index (χ4v) is 2.27. The fraction of sp³-hybridized carbons (Fsp3) is 0.538. The Kier molecular flexibility index (Phi) is 6.55. The van der Waals surface area contributed by atoms with E-state index in [-0.39, 0.29) is 11.8 Å². The quantitative estimate of drug-likeness (QED) is 0.405. The van der Waals surface area contributed by atoms with Crippen molar-refractivity contribution < 1.29 is 14.3 Å². The highest BCUT2D eigenvalue weighted by atomic mass is 32.1. The molecule has 0 unspecified atom stereocenters. The molecule has 0 atom stereocenters. The van der Waals surface area contributed by atoms with Crippen molar-refractivity contribution in [3.63, 3.8) is 0 Å². The van der Waals surface area contributed by atoms with Crippen LogP contribution in [0, 0.1) is 0 Å². The minimum atomic E-state index is -0.153. The summed E-state index contributed by atoms with van der Waals surface area (Å²) in [4.78, 5) is 23.3. The molecule has 0 aliphatic heterocycles. The molecule has 1 rings (SSSR count). The SMILES string of the molecule is COC(=O)CCCCCCC(=O)c1cccs1. The number of ether oxygens (including phenoxy) is 1. The van der Waals surface area contributed by atoms with E-state index >= 15 is 0 Å². The van der Waals surface area contributed by atoms with Crippen LogP contribution in [-0.4, -0.2) is 18.9 Å². The molecule has 0 aliphatic rings. The van der Waals surface area contributed by atoms with Gasteiger partial charge in [0.2, 0.25) is 0 Å². The summed E-state index contributed by atoms with van der Waals surface area (Å²) >= 11 is 1.50. The van der Waals surface area contributed by atoms with E-state index in [1.807, 2.05) is 17.5 Å². The molecule has 0 N–H and O–H groups in total.